The van der Waals surface area contributed by atoms with Crippen LogP contribution in [-0.2, 0) is 30.7 Å². The van der Waals surface area contributed by atoms with Gasteiger partial charge in [-0.05, 0) is 24.7 Å². The van der Waals surface area contributed by atoms with E-state index in [1.54, 1.807) is 35.3 Å². The third-order valence-corrected chi connectivity index (χ3v) is 8.19. The van der Waals surface area contributed by atoms with Crippen molar-refractivity contribution in [3.05, 3.63) is 48.8 Å². The number of aryl methyl sites for hydroxylation is 2. The minimum absolute atomic E-state index is 0.0411. The van der Waals surface area contributed by atoms with Crippen molar-refractivity contribution in [1.82, 2.24) is 33.9 Å². The molecule has 35 heavy (non-hydrogen) atoms. The molecule has 11 nitrogen and oxygen atoms in total. The Morgan fingerprint density at radius 1 is 1.17 bits per heavy atom. The zero-order valence-electron chi connectivity index (χ0n) is 20.1. The molecular weight excluding hydrogens is 470 g/mol. The Balaban J connectivity index is 1.52. The molecule has 4 heterocycles. The SMILES string of the molecule is CN1C[C@@H](O)CNS(=O)(=O)c2ccc(-c3cnn(C)c3)cc2O[C@H]2CN(Cc3nccn3C)C[C@H]21. The van der Waals surface area contributed by atoms with Gasteiger partial charge in [0.2, 0.25) is 10.0 Å². The highest BCUT2D eigenvalue weighted by atomic mass is 32.2. The fourth-order valence-electron chi connectivity index (χ4n) is 4.80. The van der Waals surface area contributed by atoms with Crippen LogP contribution < -0.4 is 9.46 Å². The molecule has 2 aliphatic heterocycles. The Labute approximate surface area is 205 Å². The average molecular weight is 502 g/mol. The van der Waals surface area contributed by atoms with Gasteiger partial charge < -0.3 is 14.4 Å². The van der Waals surface area contributed by atoms with E-state index in [4.69, 9.17) is 4.74 Å². The van der Waals surface area contributed by atoms with Gasteiger partial charge in [0, 0.05) is 64.4 Å². The van der Waals surface area contributed by atoms with Gasteiger partial charge in [-0.15, -0.1) is 0 Å². The highest BCUT2D eigenvalue weighted by molar-refractivity contribution is 7.89. The minimum atomic E-state index is -3.89. The van der Waals surface area contributed by atoms with Crippen molar-refractivity contribution in [2.75, 3.05) is 33.2 Å². The van der Waals surface area contributed by atoms with Gasteiger partial charge in [-0.1, -0.05) is 6.07 Å². The fourth-order valence-corrected chi connectivity index (χ4v) is 5.99. The molecule has 0 saturated carbocycles. The number of rotatable bonds is 3. The molecule has 3 aromatic rings. The van der Waals surface area contributed by atoms with Gasteiger partial charge in [0.05, 0.1) is 24.9 Å². The van der Waals surface area contributed by atoms with Crippen molar-refractivity contribution in [1.29, 1.82) is 0 Å². The van der Waals surface area contributed by atoms with Gasteiger partial charge in [0.15, 0.2) is 0 Å². The van der Waals surface area contributed by atoms with Crippen molar-refractivity contribution in [3.63, 3.8) is 0 Å². The van der Waals surface area contributed by atoms with Gasteiger partial charge in [-0.2, -0.15) is 5.10 Å². The summed E-state index contributed by atoms with van der Waals surface area (Å²) in [6, 6.07) is 5.03. The largest absolute Gasteiger partial charge is 0.486 e. The predicted molar refractivity (Wildman–Crippen MR) is 129 cm³/mol. The highest BCUT2D eigenvalue weighted by Crippen LogP contribution is 2.33. The van der Waals surface area contributed by atoms with Crippen LogP contribution in [0, 0.1) is 0 Å². The summed E-state index contributed by atoms with van der Waals surface area (Å²) >= 11 is 0. The van der Waals surface area contributed by atoms with Gasteiger partial charge in [0.1, 0.15) is 22.6 Å². The first-order valence-corrected chi connectivity index (χ1v) is 13.0. The van der Waals surface area contributed by atoms with Crippen LogP contribution in [0.5, 0.6) is 5.75 Å². The zero-order chi connectivity index (χ0) is 24.7. The molecule has 0 aliphatic carbocycles. The number of imidazole rings is 1. The van der Waals surface area contributed by atoms with Crippen LogP contribution in [0.2, 0.25) is 0 Å². The molecule has 2 N–H and O–H groups in total. The number of nitrogens with one attached hydrogen (secondary N) is 1. The molecule has 0 spiro atoms. The summed E-state index contributed by atoms with van der Waals surface area (Å²) in [6.45, 7) is 2.20. The van der Waals surface area contributed by atoms with Gasteiger partial charge >= 0.3 is 0 Å². The number of hydrogen-bond donors (Lipinski definition) is 2. The molecule has 3 atom stereocenters. The molecule has 188 valence electrons. The smallest absolute Gasteiger partial charge is 0.244 e. The Hall–Kier alpha value is -2.77. The lowest BCUT2D eigenvalue weighted by molar-refractivity contribution is 0.0713. The second kappa shape index (κ2) is 9.36. The first kappa shape index (κ1) is 23.9. The molecule has 1 aromatic carbocycles. The summed E-state index contributed by atoms with van der Waals surface area (Å²) in [5.74, 6) is 1.23. The molecule has 5 rings (SSSR count). The monoisotopic (exact) mass is 501 g/mol. The van der Waals surface area contributed by atoms with Crippen LogP contribution in [-0.4, -0.2) is 94.1 Å². The van der Waals surface area contributed by atoms with Crippen LogP contribution in [0.4, 0.5) is 0 Å². The maximum absolute atomic E-state index is 13.2. The molecule has 2 aliphatic rings. The van der Waals surface area contributed by atoms with Crippen molar-refractivity contribution >= 4 is 10.0 Å². The Bertz CT molecular complexity index is 1300. The van der Waals surface area contributed by atoms with E-state index in [2.05, 4.69) is 24.6 Å². The van der Waals surface area contributed by atoms with Crippen LogP contribution in [0.1, 0.15) is 5.82 Å². The molecule has 1 fully saturated rings. The van der Waals surface area contributed by atoms with Gasteiger partial charge in [0.25, 0.3) is 0 Å². The van der Waals surface area contributed by atoms with Gasteiger partial charge in [-0.3, -0.25) is 14.5 Å². The number of nitrogens with zero attached hydrogens (tertiary/aromatic N) is 6. The maximum Gasteiger partial charge on any atom is 0.244 e. The Morgan fingerprint density at radius 2 is 2.00 bits per heavy atom. The van der Waals surface area contributed by atoms with Crippen molar-refractivity contribution < 1.29 is 18.3 Å². The molecule has 0 bridgehead atoms. The number of benzene rings is 1. The number of fused-ring (bicyclic) bond motifs is 2. The Morgan fingerprint density at radius 3 is 2.71 bits per heavy atom. The third kappa shape index (κ3) is 4.98. The molecule has 12 heteroatoms. The van der Waals surface area contributed by atoms with E-state index in [0.717, 1.165) is 17.0 Å². The first-order valence-electron chi connectivity index (χ1n) is 11.6. The predicted octanol–water partition coefficient (Wildman–Crippen LogP) is 0.0370. The van der Waals surface area contributed by atoms with Crippen molar-refractivity contribution in [2.24, 2.45) is 14.1 Å². The third-order valence-electron chi connectivity index (χ3n) is 6.72. The number of sulfonamides is 1. The summed E-state index contributed by atoms with van der Waals surface area (Å²) in [4.78, 5) is 8.81. The zero-order valence-corrected chi connectivity index (χ0v) is 20.9. The van der Waals surface area contributed by atoms with E-state index < -0.39 is 16.1 Å². The van der Waals surface area contributed by atoms with Crippen molar-refractivity contribution in [3.8, 4) is 16.9 Å². The van der Waals surface area contributed by atoms with Crippen molar-refractivity contribution in [2.45, 2.75) is 29.7 Å². The highest BCUT2D eigenvalue weighted by Gasteiger charge is 2.39. The standard InChI is InChI=1S/C23H31N7O4S/c1-27-7-6-24-23(27)15-30-13-19-21(14-30)34-20-8-16(17-9-25-29(3)11-17)4-5-22(20)35(32,33)26-10-18(31)12-28(19)2/h4-9,11,18-19,21,26,31H,10,12-15H2,1-3H3/t18-,19+,21-/m0/s1. The quantitative estimate of drug-likeness (QED) is 0.517. The first-order chi connectivity index (χ1) is 16.7. The number of aromatic nitrogens is 4. The number of ether oxygens (including phenoxy) is 1. The summed E-state index contributed by atoms with van der Waals surface area (Å²) < 4.78 is 39.0. The maximum atomic E-state index is 13.2. The van der Waals surface area contributed by atoms with E-state index >= 15 is 0 Å². The number of hydrogen-bond acceptors (Lipinski definition) is 8. The van der Waals surface area contributed by atoms with Crippen LogP contribution in [0.15, 0.2) is 47.9 Å². The minimum Gasteiger partial charge on any atom is -0.486 e. The topological polar surface area (TPSA) is 118 Å². The summed E-state index contributed by atoms with van der Waals surface area (Å²) in [7, 11) is 1.84. The number of likely N-dealkylation sites (tertiary alicyclic amines) is 1. The second-order valence-electron chi connectivity index (χ2n) is 9.38. The average Bonchev–Trinajstić information content (AvgIpc) is 3.53. The fraction of sp³-hybridized carbons (Fsp3) is 0.478. The van der Waals surface area contributed by atoms with E-state index in [1.807, 2.05) is 38.1 Å². The lowest BCUT2D eigenvalue weighted by Gasteiger charge is -2.30. The van der Waals surface area contributed by atoms with E-state index in [9.17, 15) is 13.5 Å². The lowest BCUT2D eigenvalue weighted by atomic mass is 10.1. The summed E-state index contributed by atoms with van der Waals surface area (Å²) in [5, 5.41) is 14.8. The van der Waals surface area contributed by atoms with E-state index in [-0.39, 0.29) is 29.3 Å². The Kier molecular flexibility index (Phi) is 6.40. The number of likely N-dealkylation sites (N-methyl/N-ethyl adjacent to an activating group) is 1. The van der Waals surface area contributed by atoms with E-state index in [1.165, 1.54) is 0 Å². The molecular formula is C23H31N7O4S. The normalized spacial score (nSPS) is 25.4. The molecule has 1 saturated heterocycles. The van der Waals surface area contributed by atoms with Crippen LogP contribution >= 0.6 is 0 Å². The molecule has 0 radical (unpaired) electrons. The molecule has 2 aromatic heterocycles. The van der Waals surface area contributed by atoms with Crippen LogP contribution in [0.25, 0.3) is 11.1 Å². The second-order valence-corrected chi connectivity index (χ2v) is 11.1. The lowest BCUT2D eigenvalue weighted by Crippen LogP contribution is -2.47. The number of aliphatic hydroxyl groups is 1. The molecule has 0 amide bonds. The summed E-state index contributed by atoms with van der Waals surface area (Å²) in [6.07, 6.45) is 6.14. The summed E-state index contributed by atoms with van der Waals surface area (Å²) in [5.41, 5.74) is 1.68. The number of β-amino-alcohol motifs (C(OH)–C–C–N with tert-alkyl or cyclic N) is 1. The van der Waals surface area contributed by atoms with E-state index in [0.29, 0.717) is 26.2 Å². The van der Waals surface area contributed by atoms with Gasteiger partial charge in [-0.25, -0.2) is 18.1 Å². The van der Waals surface area contributed by atoms with Crippen LogP contribution in [0.3, 0.4) is 0 Å². The number of aliphatic hydroxyl groups excluding tert-OH is 1. The molecule has 0 unspecified atom stereocenters.